The smallest absolute Gasteiger partial charge is 0.318 e. The Balaban J connectivity index is 1.97. The second kappa shape index (κ2) is 6.55. The van der Waals surface area contributed by atoms with Crippen molar-refractivity contribution in [1.29, 1.82) is 0 Å². The maximum absolute atomic E-state index is 12.8. The minimum atomic E-state index is -0.603. The van der Waals surface area contributed by atoms with Gasteiger partial charge in [0.15, 0.2) is 11.6 Å². The Morgan fingerprint density at radius 2 is 1.88 bits per heavy atom. The number of ketones is 1. The summed E-state index contributed by atoms with van der Waals surface area (Å²) in [7, 11) is 0. The molecule has 2 aromatic heterocycles. The van der Waals surface area contributed by atoms with Crippen LogP contribution in [-0.4, -0.2) is 20.1 Å². The molecule has 25 heavy (non-hydrogen) atoms. The number of carbonyl (C=O) groups excluding carboxylic acids is 1. The maximum Gasteiger partial charge on any atom is 0.442 e. The van der Waals surface area contributed by atoms with E-state index in [0.29, 0.717) is 11.4 Å². The Morgan fingerprint density at radius 1 is 1.20 bits per heavy atom. The van der Waals surface area contributed by atoms with Gasteiger partial charge >= 0.3 is 5.76 Å². The van der Waals surface area contributed by atoms with Crippen LogP contribution in [0.4, 0.5) is 0 Å². The van der Waals surface area contributed by atoms with Crippen molar-refractivity contribution in [2.24, 2.45) is 0 Å². The number of nitrogens with zero attached hydrogens (tertiary/aromatic N) is 3. The Bertz CT molecular complexity index is 962. The number of rotatable bonds is 5. The topological polar surface area (TPSA) is 70.0 Å². The third-order valence-corrected chi connectivity index (χ3v) is 4.28. The summed E-state index contributed by atoms with van der Waals surface area (Å²) >= 11 is 0. The minimum absolute atomic E-state index is 0.00370. The van der Waals surface area contributed by atoms with Crippen molar-refractivity contribution in [2.75, 3.05) is 0 Å². The first-order valence-electron chi connectivity index (χ1n) is 8.24. The van der Waals surface area contributed by atoms with Crippen molar-refractivity contribution in [3.63, 3.8) is 0 Å². The highest BCUT2D eigenvalue weighted by Gasteiger charge is 2.21. The zero-order valence-corrected chi connectivity index (χ0v) is 14.8. The molecule has 0 aliphatic heterocycles. The molecular weight excluding hydrogens is 318 g/mol. The lowest BCUT2D eigenvalue weighted by atomic mass is 10.1. The molecule has 0 N–H and O–H groups in total. The van der Waals surface area contributed by atoms with Gasteiger partial charge < -0.3 is 4.57 Å². The predicted molar refractivity (Wildman–Crippen MR) is 94.4 cm³/mol. The number of hydrogen-bond donors (Lipinski definition) is 0. The van der Waals surface area contributed by atoms with Crippen LogP contribution in [0.1, 0.15) is 47.3 Å². The minimum Gasteiger partial charge on any atom is -0.318 e. The lowest BCUT2D eigenvalue weighted by molar-refractivity contribution is 0.0967. The van der Waals surface area contributed by atoms with Crippen molar-refractivity contribution in [1.82, 2.24) is 14.3 Å². The van der Waals surface area contributed by atoms with Gasteiger partial charge in [-0.05, 0) is 32.0 Å². The largest absolute Gasteiger partial charge is 0.442 e. The quantitative estimate of drug-likeness (QED) is 0.669. The second-order valence-corrected chi connectivity index (χ2v) is 6.43. The summed E-state index contributed by atoms with van der Waals surface area (Å²) < 4.78 is 8.06. The van der Waals surface area contributed by atoms with E-state index in [2.05, 4.69) is 5.16 Å². The lowest BCUT2D eigenvalue weighted by Crippen LogP contribution is -2.23. The summed E-state index contributed by atoms with van der Waals surface area (Å²) in [6.07, 6.45) is 0. The highest BCUT2D eigenvalue weighted by atomic mass is 16.5. The van der Waals surface area contributed by atoms with Gasteiger partial charge in [-0.15, -0.1) is 0 Å². The molecule has 6 heteroatoms. The number of aromatic nitrogens is 3. The van der Waals surface area contributed by atoms with Gasteiger partial charge in [-0.25, -0.2) is 4.79 Å². The number of carbonyl (C=O) groups is 1. The Labute approximate surface area is 145 Å². The fourth-order valence-corrected chi connectivity index (χ4v) is 3.09. The van der Waals surface area contributed by atoms with Gasteiger partial charge in [-0.2, -0.15) is 0 Å². The molecule has 130 valence electrons. The zero-order valence-electron chi connectivity index (χ0n) is 14.8. The number of benzene rings is 1. The van der Waals surface area contributed by atoms with E-state index in [1.807, 2.05) is 68.7 Å². The molecule has 0 amide bonds. The third-order valence-electron chi connectivity index (χ3n) is 4.28. The monoisotopic (exact) mass is 339 g/mol. The Hall–Kier alpha value is -2.89. The molecular formula is C19H21N3O3. The van der Waals surface area contributed by atoms with Gasteiger partial charge in [0.2, 0.25) is 0 Å². The van der Waals surface area contributed by atoms with Crippen molar-refractivity contribution >= 4 is 5.78 Å². The fraction of sp³-hybridized carbons (Fsp3) is 0.316. The summed E-state index contributed by atoms with van der Waals surface area (Å²) in [4.78, 5) is 24.7. The molecule has 0 unspecified atom stereocenters. The molecule has 1 aromatic carbocycles. The molecule has 0 spiro atoms. The Morgan fingerprint density at radius 3 is 2.52 bits per heavy atom. The van der Waals surface area contributed by atoms with Gasteiger partial charge in [0.05, 0.1) is 6.54 Å². The molecule has 3 aromatic rings. The standard InChI is InChI=1S/C19H21N3O3/c1-12(2)18-20-25-19(24)21(18)11-17(23)16-10-13(3)22(14(16)4)15-8-6-5-7-9-15/h5-10,12H,11H2,1-4H3. The summed E-state index contributed by atoms with van der Waals surface area (Å²) in [5.41, 5.74) is 3.42. The van der Waals surface area contributed by atoms with Crippen LogP contribution in [0.25, 0.3) is 5.69 Å². The molecule has 0 radical (unpaired) electrons. The van der Waals surface area contributed by atoms with E-state index in [9.17, 15) is 9.59 Å². The van der Waals surface area contributed by atoms with E-state index in [1.165, 1.54) is 4.57 Å². The first-order chi connectivity index (χ1) is 11.9. The van der Waals surface area contributed by atoms with E-state index in [-0.39, 0.29) is 18.2 Å². The summed E-state index contributed by atoms with van der Waals surface area (Å²) in [6, 6.07) is 11.7. The van der Waals surface area contributed by atoms with Crippen LogP contribution in [0.5, 0.6) is 0 Å². The van der Waals surface area contributed by atoms with Gasteiger partial charge in [-0.3, -0.25) is 13.9 Å². The zero-order chi connectivity index (χ0) is 18.1. The van der Waals surface area contributed by atoms with Crippen molar-refractivity contribution in [3.05, 3.63) is 69.7 Å². The molecule has 3 rings (SSSR count). The Kier molecular flexibility index (Phi) is 4.44. The van der Waals surface area contributed by atoms with Crippen LogP contribution < -0.4 is 5.76 Å². The molecule has 0 aliphatic carbocycles. The number of hydrogen-bond acceptors (Lipinski definition) is 4. The predicted octanol–water partition coefficient (Wildman–Crippen LogP) is 3.25. The van der Waals surface area contributed by atoms with Gasteiger partial charge in [0.25, 0.3) is 0 Å². The highest BCUT2D eigenvalue weighted by molar-refractivity contribution is 5.97. The maximum atomic E-state index is 12.8. The van der Waals surface area contributed by atoms with E-state index in [0.717, 1.165) is 17.1 Å². The van der Waals surface area contributed by atoms with E-state index >= 15 is 0 Å². The van der Waals surface area contributed by atoms with Crippen LogP contribution in [0, 0.1) is 13.8 Å². The van der Waals surface area contributed by atoms with Crippen LogP contribution in [-0.2, 0) is 6.54 Å². The first kappa shape index (κ1) is 17.0. The summed E-state index contributed by atoms with van der Waals surface area (Å²) in [6.45, 7) is 7.60. The molecule has 0 fully saturated rings. The van der Waals surface area contributed by atoms with E-state index in [1.54, 1.807) is 0 Å². The van der Waals surface area contributed by atoms with Gasteiger partial charge in [0.1, 0.15) is 0 Å². The highest BCUT2D eigenvalue weighted by Crippen LogP contribution is 2.22. The number of aryl methyl sites for hydroxylation is 1. The number of Topliss-reactive ketones (excluding diaryl/α,β-unsaturated/α-hetero) is 1. The van der Waals surface area contributed by atoms with Gasteiger partial charge in [-0.1, -0.05) is 37.2 Å². The second-order valence-electron chi connectivity index (χ2n) is 6.43. The van der Waals surface area contributed by atoms with Crippen LogP contribution >= 0.6 is 0 Å². The molecule has 0 aliphatic rings. The average molecular weight is 339 g/mol. The lowest BCUT2D eigenvalue weighted by Gasteiger charge is -2.10. The SMILES string of the molecule is Cc1cc(C(=O)Cn2c(C(C)C)noc2=O)c(C)n1-c1ccccc1. The summed E-state index contributed by atoms with van der Waals surface area (Å²) in [5, 5.41) is 3.77. The fourth-order valence-electron chi connectivity index (χ4n) is 3.09. The van der Waals surface area contributed by atoms with Crippen LogP contribution in [0.15, 0.2) is 45.7 Å². The normalized spacial score (nSPS) is 11.2. The molecule has 0 atom stereocenters. The number of para-hydroxylation sites is 1. The van der Waals surface area contributed by atoms with Crippen molar-refractivity contribution < 1.29 is 9.32 Å². The van der Waals surface area contributed by atoms with Crippen molar-refractivity contribution in [2.45, 2.75) is 40.2 Å². The molecule has 0 saturated carbocycles. The summed E-state index contributed by atoms with van der Waals surface area (Å²) in [5.74, 6) is -0.261. The third kappa shape index (κ3) is 3.07. The molecule has 6 nitrogen and oxygen atoms in total. The molecule has 0 bridgehead atoms. The van der Waals surface area contributed by atoms with Gasteiger partial charge in [0, 0.05) is 28.6 Å². The first-order valence-corrected chi connectivity index (χ1v) is 8.24. The van der Waals surface area contributed by atoms with E-state index < -0.39 is 5.76 Å². The van der Waals surface area contributed by atoms with Crippen LogP contribution in [0.3, 0.4) is 0 Å². The van der Waals surface area contributed by atoms with Crippen molar-refractivity contribution in [3.8, 4) is 5.69 Å². The molecule has 2 heterocycles. The average Bonchev–Trinajstić information content (AvgIpc) is 3.08. The van der Waals surface area contributed by atoms with E-state index in [4.69, 9.17) is 4.52 Å². The van der Waals surface area contributed by atoms with Crippen LogP contribution in [0.2, 0.25) is 0 Å². The molecule has 0 saturated heterocycles.